The molecule has 1 aromatic carbocycles. The van der Waals surface area contributed by atoms with Gasteiger partial charge in [-0.15, -0.1) is 0 Å². The molecule has 5 heteroatoms. The second-order valence-electron chi connectivity index (χ2n) is 7.87. The Bertz CT molecular complexity index is 820. The molecule has 3 rings (SSSR count). The van der Waals surface area contributed by atoms with E-state index in [1.165, 1.54) is 11.1 Å². The van der Waals surface area contributed by atoms with Crippen LogP contribution in [0.2, 0.25) is 0 Å². The Morgan fingerprint density at radius 2 is 1.96 bits per heavy atom. The average molecular weight is 365 g/mol. The Kier molecular flexibility index (Phi) is 5.89. The number of nitrogens with one attached hydrogen (secondary N) is 1. The molecule has 0 atom stereocenters. The molecule has 2 aromatic rings. The molecule has 0 radical (unpaired) electrons. The van der Waals surface area contributed by atoms with Crippen LogP contribution in [0.25, 0.3) is 0 Å². The number of fused-ring (bicyclic) bond motifs is 1. The fraction of sp³-hybridized carbons (Fsp3) is 0.409. The summed E-state index contributed by atoms with van der Waals surface area (Å²) in [6.07, 6.45) is 7.27. The maximum absolute atomic E-state index is 11.7. The number of hydrogen-bond acceptors (Lipinski definition) is 4. The van der Waals surface area contributed by atoms with Gasteiger partial charge >= 0.3 is 6.09 Å². The minimum Gasteiger partial charge on any atom is -0.449 e. The highest BCUT2D eigenvalue weighted by atomic mass is 16.5. The van der Waals surface area contributed by atoms with Gasteiger partial charge in [-0.05, 0) is 69.4 Å². The van der Waals surface area contributed by atoms with Crippen molar-refractivity contribution in [3.63, 3.8) is 0 Å². The number of hydrogen-bond donors (Lipinski definition) is 1. The van der Waals surface area contributed by atoms with E-state index >= 15 is 0 Å². The van der Waals surface area contributed by atoms with Crippen LogP contribution in [-0.4, -0.2) is 28.9 Å². The third-order valence-corrected chi connectivity index (χ3v) is 4.38. The minimum absolute atomic E-state index is 0.286. The van der Waals surface area contributed by atoms with E-state index in [2.05, 4.69) is 16.4 Å². The van der Waals surface area contributed by atoms with Crippen molar-refractivity contribution >= 4 is 17.5 Å². The summed E-state index contributed by atoms with van der Waals surface area (Å²) in [6.45, 7) is 6.14. The number of pyridine rings is 1. The summed E-state index contributed by atoms with van der Waals surface area (Å²) in [5, 5.41) is 2.78. The van der Waals surface area contributed by atoms with E-state index in [1.54, 1.807) is 0 Å². The minimum atomic E-state index is -0.379. The monoisotopic (exact) mass is 365 g/mol. The fourth-order valence-corrected chi connectivity index (χ4v) is 3.10. The average Bonchev–Trinajstić information content (AvgIpc) is 2.62. The molecule has 142 valence electrons. The summed E-state index contributed by atoms with van der Waals surface area (Å²) in [5.74, 6) is 0. The van der Waals surface area contributed by atoms with Gasteiger partial charge in [0.05, 0.1) is 12.3 Å². The van der Waals surface area contributed by atoms with Gasteiger partial charge in [0.2, 0.25) is 0 Å². The molecule has 0 spiro atoms. The van der Waals surface area contributed by atoms with Gasteiger partial charge in [0, 0.05) is 35.6 Å². The van der Waals surface area contributed by atoms with Gasteiger partial charge < -0.3 is 10.1 Å². The quantitative estimate of drug-likeness (QED) is 0.861. The van der Waals surface area contributed by atoms with Gasteiger partial charge in [0.15, 0.2) is 0 Å². The van der Waals surface area contributed by atoms with E-state index in [-0.39, 0.29) is 11.6 Å². The number of carbonyl (C=O) groups is 1. The topological polar surface area (TPSA) is 63.6 Å². The highest BCUT2D eigenvalue weighted by Gasteiger charge is 2.15. The number of amides is 1. The molecule has 0 bridgehead atoms. The highest BCUT2D eigenvalue weighted by molar-refractivity contribution is 6.03. The fourth-order valence-electron chi connectivity index (χ4n) is 3.10. The predicted molar refractivity (Wildman–Crippen MR) is 108 cm³/mol. The number of benzene rings is 1. The van der Waals surface area contributed by atoms with Crippen molar-refractivity contribution in [2.45, 2.75) is 52.0 Å². The number of aromatic nitrogens is 1. The van der Waals surface area contributed by atoms with Crippen LogP contribution in [0.5, 0.6) is 0 Å². The lowest BCUT2D eigenvalue weighted by atomic mass is 9.91. The first-order valence-electron chi connectivity index (χ1n) is 9.45. The molecule has 1 aliphatic rings. The smallest absolute Gasteiger partial charge is 0.407 e. The van der Waals surface area contributed by atoms with Crippen molar-refractivity contribution in [1.82, 2.24) is 10.3 Å². The van der Waals surface area contributed by atoms with Crippen molar-refractivity contribution in [3.8, 4) is 0 Å². The molecular weight excluding hydrogens is 338 g/mol. The van der Waals surface area contributed by atoms with Crippen LogP contribution < -0.4 is 5.32 Å². The van der Waals surface area contributed by atoms with Gasteiger partial charge in [-0.25, -0.2) is 4.79 Å². The van der Waals surface area contributed by atoms with Crippen molar-refractivity contribution in [2.75, 3.05) is 6.61 Å². The number of alkyl carbamates (subject to hydrolysis) is 1. The zero-order chi connectivity index (χ0) is 19.3. The van der Waals surface area contributed by atoms with Crippen LogP contribution >= 0.6 is 0 Å². The Morgan fingerprint density at radius 1 is 1.19 bits per heavy atom. The summed E-state index contributed by atoms with van der Waals surface area (Å²) >= 11 is 0. The number of carbonyl (C=O) groups excluding carboxylic acids is 1. The molecular formula is C22H27N3O2. The summed E-state index contributed by atoms with van der Waals surface area (Å²) in [7, 11) is 0. The lowest BCUT2D eigenvalue weighted by Gasteiger charge is -2.19. The van der Waals surface area contributed by atoms with E-state index in [1.807, 2.05) is 57.4 Å². The third-order valence-electron chi connectivity index (χ3n) is 4.38. The molecule has 5 nitrogen and oxygen atoms in total. The molecule has 0 saturated carbocycles. The molecule has 1 amide bonds. The number of aryl methyl sites for hydroxylation is 1. The zero-order valence-electron chi connectivity index (χ0n) is 16.3. The largest absolute Gasteiger partial charge is 0.449 e. The lowest BCUT2D eigenvalue weighted by molar-refractivity contribution is 0.139. The molecule has 0 saturated heterocycles. The molecule has 1 N–H and O–H groups in total. The Hall–Kier alpha value is -2.69. The van der Waals surface area contributed by atoms with E-state index in [9.17, 15) is 4.79 Å². The number of nitrogens with zero attached hydrogens (tertiary/aromatic N) is 2. The Morgan fingerprint density at radius 3 is 2.70 bits per heavy atom. The van der Waals surface area contributed by atoms with Crippen LogP contribution in [0.3, 0.4) is 0 Å². The first kappa shape index (κ1) is 19.1. The van der Waals surface area contributed by atoms with E-state index < -0.39 is 0 Å². The lowest BCUT2D eigenvalue weighted by Crippen LogP contribution is -2.41. The third kappa shape index (κ3) is 5.64. The maximum Gasteiger partial charge on any atom is 0.407 e. The van der Waals surface area contributed by atoms with Gasteiger partial charge in [-0.3, -0.25) is 9.98 Å². The summed E-state index contributed by atoms with van der Waals surface area (Å²) in [4.78, 5) is 20.7. The van der Waals surface area contributed by atoms with Crippen molar-refractivity contribution < 1.29 is 9.53 Å². The van der Waals surface area contributed by atoms with Crippen LogP contribution in [0.4, 0.5) is 10.5 Å². The maximum atomic E-state index is 11.7. The first-order valence-corrected chi connectivity index (χ1v) is 9.45. The number of rotatable bonds is 4. The van der Waals surface area contributed by atoms with Gasteiger partial charge in [0.1, 0.15) is 0 Å². The molecule has 1 heterocycles. The van der Waals surface area contributed by atoms with Crippen LogP contribution in [-0.2, 0) is 17.6 Å². The predicted octanol–water partition coefficient (Wildman–Crippen LogP) is 4.61. The molecule has 27 heavy (non-hydrogen) atoms. The van der Waals surface area contributed by atoms with Gasteiger partial charge in [-0.1, -0.05) is 12.1 Å². The van der Waals surface area contributed by atoms with Crippen LogP contribution in [0.15, 0.2) is 47.7 Å². The van der Waals surface area contributed by atoms with Crippen molar-refractivity contribution in [2.24, 2.45) is 4.99 Å². The summed E-state index contributed by atoms with van der Waals surface area (Å²) in [6, 6.07) is 10.2. The van der Waals surface area contributed by atoms with E-state index in [4.69, 9.17) is 9.73 Å². The standard InChI is InChI=1S/C22H27N3O2/c1-22(2,3)25-21(26)27-14-12-16-7-9-18(10-8-16)24-20-6-4-5-17-15-23-13-11-19(17)20/h7-11,13,15H,4-6,12,14H2,1-3H3,(H,25,26). The van der Waals surface area contributed by atoms with E-state index in [0.717, 1.165) is 36.2 Å². The molecule has 0 aliphatic heterocycles. The van der Waals surface area contributed by atoms with Crippen LogP contribution in [0, 0.1) is 0 Å². The zero-order valence-corrected chi connectivity index (χ0v) is 16.3. The number of aliphatic imine (C=N–C) groups is 1. The Labute approximate surface area is 160 Å². The molecule has 0 unspecified atom stereocenters. The second kappa shape index (κ2) is 8.33. The van der Waals surface area contributed by atoms with Crippen molar-refractivity contribution in [3.05, 3.63) is 59.4 Å². The van der Waals surface area contributed by atoms with Crippen LogP contribution in [0.1, 0.15) is 50.3 Å². The van der Waals surface area contributed by atoms with Crippen molar-refractivity contribution in [1.29, 1.82) is 0 Å². The number of ether oxygens (including phenoxy) is 1. The molecule has 0 fully saturated rings. The first-order chi connectivity index (χ1) is 12.9. The van der Waals surface area contributed by atoms with E-state index in [0.29, 0.717) is 13.0 Å². The normalized spacial score (nSPS) is 15.3. The molecule has 1 aliphatic carbocycles. The van der Waals surface area contributed by atoms with Gasteiger partial charge in [-0.2, -0.15) is 0 Å². The summed E-state index contributed by atoms with van der Waals surface area (Å²) < 4.78 is 5.23. The van der Waals surface area contributed by atoms with Gasteiger partial charge in [0.25, 0.3) is 0 Å². The summed E-state index contributed by atoms with van der Waals surface area (Å²) in [5.41, 5.74) is 5.42. The highest BCUT2D eigenvalue weighted by Crippen LogP contribution is 2.24. The SMILES string of the molecule is CC(C)(C)NC(=O)OCCc1ccc(N=C2CCCc3cnccc32)cc1. The Balaban J connectivity index is 1.58. The molecule has 1 aromatic heterocycles. The second-order valence-corrected chi connectivity index (χ2v) is 7.87.